The Morgan fingerprint density at radius 3 is 3.18 bits per heavy atom. The van der Waals surface area contributed by atoms with E-state index in [9.17, 15) is 4.79 Å². The van der Waals surface area contributed by atoms with Crippen molar-refractivity contribution in [3.63, 3.8) is 0 Å². The van der Waals surface area contributed by atoms with Crippen molar-refractivity contribution >= 4 is 28.9 Å². The SMILES string of the molecule is NC(=S)c1cccnc1NCC1CCC(=O)N1. The molecular formula is C11H14N4OS. The molecule has 1 unspecified atom stereocenters. The van der Waals surface area contributed by atoms with Crippen LogP contribution >= 0.6 is 12.2 Å². The third-order valence-corrected chi connectivity index (χ3v) is 2.89. The van der Waals surface area contributed by atoms with Gasteiger partial charge in [0.1, 0.15) is 10.8 Å². The van der Waals surface area contributed by atoms with Gasteiger partial charge in [-0.1, -0.05) is 12.2 Å². The average Bonchev–Trinajstić information content (AvgIpc) is 2.73. The normalized spacial score (nSPS) is 18.8. The summed E-state index contributed by atoms with van der Waals surface area (Å²) in [4.78, 5) is 15.5. The van der Waals surface area contributed by atoms with Crippen LogP contribution < -0.4 is 16.4 Å². The number of carbonyl (C=O) groups is 1. The third kappa shape index (κ3) is 2.91. The van der Waals surface area contributed by atoms with Crippen molar-refractivity contribution in [3.05, 3.63) is 23.9 Å². The molecule has 1 amide bonds. The van der Waals surface area contributed by atoms with Crippen molar-refractivity contribution in [2.45, 2.75) is 18.9 Å². The topological polar surface area (TPSA) is 80.0 Å². The van der Waals surface area contributed by atoms with Crippen molar-refractivity contribution in [2.75, 3.05) is 11.9 Å². The Labute approximate surface area is 105 Å². The van der Waals surface area contributed by atoms with Crippen LogP contribution in [0.2, 0.25) is 0 Å². The number of amides is 1. The van der Waals surface area contributed by atoms with Crippen molar-refractivity contribution < 1.29 is 4.79 Å². The van der Waals surface area contributed by atoms with Gasteiger partial charge in [-0.15, -0.1) is 0 Å². The second-order valence-electron chi connectivity index (χ2n) is 3.95. The molecule has 1 atom stereocenters. The monoisotopic (exact) mass is 250 g/mol. The summed E-state index contributed by atoms with van der Waals surface area (Å²) in [7, 11) is 0. The first-order chi connectivity index (χ1) is 8.16. The fourth-order valence-electron chi connectivity index (χ4n) is 1.80. The summed E-state index contributed by atoms with van der Waals surface area (Å²) in [5.41, 5.74) is 6.33. The summed E-state index contributed by atoms with van der Waals surface area (Å²) in [5, 5.41) is 6.04. The molecule has 0 radical (unpaired) electrons. The van der Waals surface area contributed by atoms with E-state index >= 15 is 0 Å². The Balaban J connectivity index is 1.99. The summed E-state index contributed by atoms with van der Waals surface area (Å²) in [5.74, 6) is 0.772. The van der Waals surface area contributed by atoms with Crippen molar-refractivity contribution in [2.24, 2.45) is 5.73 Å². The molecule has 5 nitrogen and oxygen atoms in total. The van der Waals surface area contributed by atoms with Crippen molar-refractivity contribution in [1.29, 1.82) is 0 Å². The van der Waals surface area contributed by atoms with Gasteiger partial charge in [-0.3, -0.25) is 4.79 Å². The number of nitrogens with one attached hydrogen (secondary N) is 2. The maximum Gasteiger partial charge on any atom is 0.220 e. The van der Waals surface area contributed by atoms with Crippen LogP contribution in [0.1, 0.15) is 18.4 Å². The number of thiocarbonyl (C=S) groups is 1. The zero-order valence-electron chi connectivity index (χ0n) is 9.27. The molecule has 1 aromatic rings. The lowest BCUT2D eigenvalue weighted by Gasteiger charge is -2.13. The number of nitrogens with zero attached hydrogens (tertiary/aromatic N) is 1. The molecule has 1 aliphatic heterocycles. The minimum Gasteiger partial charge on any atom is -0.389 e. The fourth-order valence-corrected chi connectivity index (χ4v) is 1.96. The predicted molar refractivity (Wildman–Crippen MR) is 69.8 cm³/mol. The molecule has 0 aromatic carbocycles. The molecule has 17 heavy (non-hydrogen) atoms. The van der Waals surface area contributed by atoms with Crippen molar-refractivity contribution in [1.82, 2.24) is 10.3 Å². The molecule has 0 spiro atoms. The maximum atomic E-state index is 11.0. The first-order valence-corrected chi connectivity index (χ1v) is 5.85. The van der Waals surface area contributed by atoms with E-state index in [0.717, 1.165) is 12.0 Å². The number of carbonyl (C=O) groups excluding carboxylic acids is 1. The molecule has 6 heteroatoms. The summed E-state index contributed by atoms with van der Waals surface area (Å²) < 4.78 is 0. The molecule has 4 N–H and O–H groups in total. The van der Waals surface area contributed by atoms with Crippen LogP contribution in [0.15, 0.2) is 18.3 Å². The van der Waals surface area contributed by atoms with Crippen LogP contribution in [0.3, 0.4) is 0 Å². The molecular weight excluding hydrogens is 236 g/mol. The van der Waals surface area contributed by atoms with E-state index in [-0.39, 0.29) is 11.9 Å². The van der Waals surface area contributed by atoms with Gasteiger partial charge in [0.25, 0.3) is 0 Å². The van der Waals surface area contributed by atoms with Crippen LogP contribution in [0.4, 0.5) is 5.82 Å². The van der Waals surface area contributed by atoms with E-state index < -0.39 is 0 Å². The summed E-state index contributed by atoms with van der Waals surface area (Å²) in [6, 6.07) is 3.77. The Kier molecular flexibility index (Phi) is 3.53. The molecule has 1 aliphatic rings. The summed E-state index contributed by atoms with van der Waals surface area (Å²) in [6.07, 6.45) is 3.12. The Morgan fingerprint density at radius 2 is 2.53 bits per heavy atom. The van der Waals surface area contributed by atoms with Crippen LogP contribution in [-0.2, 0) is 4.79 Å². The number of aromatic nitrogens is 1. The zero-order chi connectivity index (χ0) is 12.3. The Bertz CT molecular complexity index is 449. The largest absolute Gasteiger partial charge is 0.389 e. The van der Waals surface area contributed by atoms with Crippen molar-refractivity contribution in [3.8, 4) is 0 Å². The lowest BCUT2D eigenvalue weighted by molar-refractivity contribution is -0.119. The highest BCUT2D eigenvalue weighted by Gasteiger charge is 2.20. The Hall–Kier alpha value is -1.69. The standard InChI is InChI=1S/C11H14N4OS/c12-10(17)8-2-1-5-13-11(8)14-6-7-3-4-9(16)15-7/h1-2,5,7H,3-4,6H2,(H2,12,17)(H,13,14)(H,15,16). The van der Waals surface area contributed by atoms with E-state index in [4.69, 9.17) is 18.0 Å². The van der Waals surface area contributed by atoms with Gasteiger partial charge in [-0.2, -0.15) is 0 Å². The molecule has 0 bridgehead atoms. The maximum absolute atomic E-state index is 11.0. The van der Waals surface area contributed by atoms with Crippen LogP contribution in [0, 0.1) is 0 Å². The predicted octanol–water partition coefficient (Wildman–Crippen LogP) is 0.406. The van der Waals surface area contributed by atoms with E-state index in [1.165, 1.54) is 0 Å². The fraction of sp³-hybridized carbons (Fsp3) is 0.364. The number of hydrogen-bond donors (Lipinski definition) is 3. The molecule has 1 fully saturated rings. The number of pyridine rings is 1. The molecule has 2 heterocycles. The number of anilines is 1. The van der Waals surface area contributed by atoms with Gasteiger partial charge in [0.05, 0.1) is 5.56 Å². The van der Waals surface area contributed by atoms with Crippen LogP contribution in [0.5, 0.6) is 0 Å². The third-order valence-electron chi connectivity index (χ3n) is 2.67. The van der Waals surface area contributed by atoms with E-state index in [1.54, 1.807) is 12.3 Å². The van der Waals surface area contributed by atoms with Gasteiger partial charge in [-0.25, -0.2) is 4.98 Å². The highest BCUT2D eigenvalue weighted by molar-refractivity contribution is 7.80. The van der Waals surface area contributed by atoms with Gasteiger partial charge in [0, 0.05) is 25.2 Å². The van der Waals surface area contributed by atoms with Gasteiger partial charge in [0.15, 0.2) is 0 Å². The van der Waals surface area contributed by atoms with Gasteiger partial charge >= 0.3 is 0 Å². The minimum atomic E-state index is 0.104. The molecule has 2 rings (SSSR count). The highest BCUT2D eigenvalue weighted by atomic mass is 32.1. The second-order valence-corrected chi connectivity index (χ2v) is 4.39. The second kappa shape index (κ2) is 5.09. The van der Waals surface area contributed by atoms with E-state index in [2.05, 4.69) is 15.6 Å². The Morgan fingerprint density at radius 1 is 1.71 bits per heavy atom. The lowest BCUT2D eigenvalue weighted by Crippen LogP contribution is -2.32. The molecule has 0 aliphatic carbocycles. The van der Waals surface area contributed by atoms with Gasteiger partial charge in [0.2, 0.25) is 5.91 Å². The van der Waals surface area contributed by atoms with E-state index in [1.807, 2.05) is 6.07 Å². The molecule has 0 saturated carbocycles. The van der Waals surface area contributed by atoms with Gasteiger partial charge in [-0.05, 0) is 18.6 Å². The molecule has 1 saturated heterocycles. The molecule has 1 aromatic heterocycles. The number of rotatable bonds is 4. The summed E-state index contributed by atoms with van der Waals surface area (Å²) in [6.45, 7) is 0.637. The first kappa shape index (κ1) is 11.8. The highest BCUT2D eigenvalue weighted by Crippen LogP contribution is 2.13. The quantitative estimate of drug-likeness (QED) is 0.674. The van der Waals surface area contributed by atoms with Gasteiger partial charge < -0.3 is 16.4 Å². The van der Waals surface area contributed by atoms with E-state index in [0.29, 0.717) is 23.8 Å². The smallest absolute Gasteiger partial charge is 0.220 e. The zero-order valence-corrected chi connectivity index (χ0v) is 10.1. The average molecular weight is 250 g/mol. The summed E-state index contributed by atoms with van der Waals surface area (Å²) >= 11 is 4.95. The lowest BCUT2D eigenvalue weighted by atomic mass is 10.2. The van der Waals surface area contributed by atoms with Crippen LogP contribution in [0.25, 0.3) is 0 Å². The molecule has 90 valence electrons. The first-order valence-electron chi connectivity index (χ1n) is 5.45. The minimum absolute atomic E-state index is 0.104. The number of nitrogens with two attached hydrogens (primary N) is 1. The van der Waals surface area contributed by atoms with Crippen LogP contribution in [-0.4, -0.2) is 28.5 Å². The number of hydrogen-bond acceptors (Lipinski definition) is 4.